The van der Waals surface area contributed by atoms with E-state index in [1.54, 1.807) is 6.07 Å². The Kier molecular flexibility index (Phi) is 5.61. The number of nitrogens with one attached hydrogen (secondary N) is 1. The van der Waals surface area contributed by atoms with Gasteiger partial charge in [0.25, 0.3) is 5.91 Å². The molecule has 1 saturated heterocycles. The molecule has 1 heterocycles. The fraction of sp³-hybridized carbons (Fsp3) is 0.588. The molecule has 0 saturated carbocycles. The molecule has 1 N–H and O–H groups in total. The summed E-state index contributed by atoms with van der Waals surface area (Å²) in [7, 11) is 0. The van der Waals surface area contributed by atoms with E-state index in [1.807, 2.05) is 6.92 Å². The highest BCUT2D eigenvalue weighted by molar-refractivity contribution is 9.10. The summed E-state index contributed by atoms with van der Waals surface area (Å²) < 4.78 is 19.3. The van der Waals surface area contributed by atoms with Crippen LogP contribution in [0.25, 0.3) is 0 Å². The van der Waals surface area contributed by atoms with E-state index in [-0.39, 0.29) is 15.8 Å². The molecule has 1 aliphatic rings. The Morgan fingerprint density at radius 3 is 2.68 bits per heavy atom. The lowest BCUT2D eigenvalue weighted by molar-refractivity contribution is 0.0228. The molecule has 1 aromatic rings. The van der Waals surface area contributed by atoms with Gasteiger partial charge in [0.2, 0.25) is 0 Å². The summed E-state index contributed by atoms with van der Waals surface area (Å²) in [5.74, 6) is -0.123. The molecule has 0 atom stereocenters. The average molecular weight is 372 g/mol. The second-order valence-electron chi connectivity index (χ2n) is 6.61. The van der Waals surface area contributed by atoms with Crippen molar-refractivity contribution in [3.63, 3.8) is 0 Å². The minimum atomic E-state index is -0.417. The number of carbonyl (C=O) groups excluding carboxylic acids is 1. The molecule has 1 amide bonds. The number of ether oxygens (including phenoxy) is 1. The molecule has 0 aromatic heterocycles. The lowest BCUT2D eigenvalue weighted by Gasteiger charge is -2.37. The third-order valence-corrected chi connectivity index (χ3v) is 5.34. The predicted octanol–water partition coefficient (Wildman–Crippen LogP) is 4.08. The number of halogens is 2. The summed E-state index contributed by atoms with van der Waals surface area (Å²) in [5, 5.41) is 2.97. The van der Waals surface area contributed by atoms with Gasteiger partial charge in [-0.25, -0.2) is 4.39 Å². The summed E-state index contributed by atoms with van der Waals surface area (Å²) in [6.45, 7) is 8.28. The first kappa shape index (κ1) is 17.4. The number of rotatable bonds is 4. The normalized spacial score (nSPS) is 16.6. The zero-order chi connectivity index (χ0) is 16.3. The zero-order valence-electron chi connectivity index (χ0n) is 13.3. The maximum Gasteiger partial charge on any atom is 0.252 e. The van der Waals surface area contributed by atoms with Crippen molar-refractivity contribution in [3.05, 3.63) is 33.5 Å². The third-order valence-electron chi connectivity index (χ3n) is 4.56. The van der Waals surface area contributed by atoms with Crippen molar-refractivity contribution in [2.75, 3.05) is 19.8 Å². The van der Waals surface area contributed by atoms with Crippen LogP contribution in [-0.2, 0) is 4.74 Å². The number of amides is 1. The van der Waals surface area contributed by atoms with Crippen LogP contribution >= 0.6 is 15.9 Å². The molecule has 3 nitrogen and oxygen atoms in total. The van der Waals surface area contributed by atoms with E-state index in [4.69, 9.17) is 4.74 Å². The van der Waals surface area contributed by atoms with E-state index >= 15 is 0 Å². The summed E-state index contributed by atoms with van der Waals surface area (Å²) in [5.41, 5.74) is 1.13. The van der Waals surface area contributed by atoms with Gasteiger partial charge in [-0.15, -0.1) is 0 Å². The molecule has 0 radical (unpaired) electrons. The van der Waals surface area contributed by atoms with E-state index in [0.29, 0.717) is 18.0 Å². The minimum absolute atomic E-state index is 0.00680. The largest absolute Gasteiger partial charge is 0.381 e. The molecule has 0 unspecified atom stereocenters. The van der Waals surface area contributed by atoms with Crippen molar-refractivity contribution in [1.29, 1.82) is 0 Å². The first-order valence-electron chi connectivity index (χ1n) is 7.63. The van der Waals surface area contributed by atoms with Crippen molar-refractivity contribution in [2.24, 2.45) is 11.3 Å². The van der Waals surface area contributed by atoms with Crippen LogP contribution in [0.15, 0.2) is 16.6 Å². The highest BCUT2D eigenvalue weighted by Gasteiger charge is 2.31. The molecule has 5 heteroatoms. The Hall–Kier alpha value is -0.940. The maximum absolute atomic E-state index is 13.6. The van der Waals surface area contributed by atoms with Crippen LogP contribution in [0.4, 0.5) is 4.39 Å². The van der Waals surface area contributed by atoms with E-state index in [1.165, 1.54) is 6.07 Å². The van der Waals surface area contributed by atoms with Gasteiger partial charge in [-0.3, -0.25) is 4.79 Å². The molecule has 1 aromatic carbocycles. The fourth-order valence-corrected chi connectivity index (χ4v) is 3.57. The van der Waals surface area contributed by atoms with Gasteiger partial charge in [-0.1, -0.05) is 19.9 Å². The summed E-state index contributed by atoms with van der Waals surface area (Å²) in [6, 6.07) is 2.99. The Morgan fingerprint density at radius 1 is 1.41 bits per heavy atom. The molecule has 0 spiro atoms. The van der Waals surface area contributed by atoms with Gasteiger partial charge in [-0.2, -0.15) is 0 Å². The van der Waals surface area contributed by atoms with E-state index in [9.17, 15) is 9.18 Å². The molecule has 22 heavy (non-hydrogen) atoms. The molecule has 122 valence electrons. The highest BCUT2D eigenvalue weighted by atomic mass is 79.9. The van der Waals surface area contributed by atoms with Gasteiger partial charge >= 0.3 is 0 Å². The Bertz CT molecular complexity index is 554. The van der Waals surface area contributed by atoms with Gasteiger partial charge in [-0.05, 0) is 58.7 Å². The van der Waals surface area contributed by atoms with Crippen LogP contribution in [-0.4, -0.2) is 25.7 Å². The molecule has 1 fully saturated rings. The monoisotopic (exact) mass is 371 g/mol. The van der Waals surface area contributed by atoms with E-state index in [0.717, 1.165) is 31.6 Å². The average Bonchev–Trinajstić information content (AvgIpc) is 2.50. The van der Waals surface area contributed by atoms with Crippen LogP contribution < -0.4 is 5.32 Å². The van der Waals surface area contributed by atoms with E-state index < -0.39 is 5.82 Å². The summed E-state index contributed by atoms with van der Waals surface area (Å²) in [6.07, 6.45) is 2.04. The van der Waals surface area contributed by atoms with Crippen LogP contribution in [0.3, 0.4) is 0 Å². The first-order valence-corrected chi connectivity index (χ1v) is 8.43. The number of hydrogen-bond donors (Lipinski definition) is 1. The van der Waals surface area contributed by atoms with Crippen molar-refractivity contribution < 1.29 is 13.9 Å². The van der Waals surface area contributed by atoms with Gasteiger partial charge in [0.05, 0.1) is 10.0 Å². The van der Waals surface area contributed by atoms with Crippen LogP contribution in [0, 0.1) is 24.1 Å². The quantitative estimate of drug-likeness (QED) is 0.865. The highest BCUT2D eigenvalue weighted by Crippen LogP contribution is 2.34. The SMILES string of the molecule is Cc1ccc(F)c(Br)c1C(=O)NCC(C)(C)C1CCOCC1. The Balaban J connectivity index is 2.05. The van der Waals surface area contributed by atoms with Crippen LogP contribution in [0.1, 0.15) is 42.6 Å². The zero-order valence-corrected chi connectivity index (χ0v) is 14.9. The minimum Gasteiger partial charge on any atom is -0.381 e. The van der Waals surface area contributed by atoms with Gasteiger partial charge < -0.3 is 10.1 Å². The van der Waals surface area contributed by atoms with Crippen LogP contribution in [0.2, 0.25) is 0 Å². The number of carbonyl (C=O) groups is 1. The topological polar surface area (TPSA) is 38.3 Å². The molecule has 1 aliphatic heterocycles. The van der Waals surface area contributed by atoms with Crippen molar-refractivity contribution >= 4 is 21.8 Å². The molecule has 0 aliphatic carbocycles. The summed E-state index contributed by atoms with van der Waals surface area (Å²) >= 11 is 3.18. The maximum atomic E-state index is 13.6. The molecule has 2 rings (SSSR count). The van der Waals surface area contributed by atoms with Crippen LogP contribution in [0.5, 0.6) is 0 Å². The first-order chi connectivity index (χ1) is 10.3. The lowest BCUT2D eigenvalue weighted by atomic mass is 9.74. The van der Waals surface area contributed by atoms with Gasteiger partial charge in [0.1, 0.15) is 5.82 Å². The van der Waals surface area contributed by atoms with Crippen molar-refractivity contribution in [1.82, 2.24) is 5.32 Å². The van der Waals surface area contributed by atoms with Crippen molar-refractivity contribution in [2.45, 2.75) is 33.6 Å². The van der Waals surface area contributed by atoms with Crippen molar-refractivity contribution in [3.8, 4) is 0 Å². The van der Waals surface area contributed by atoms with Gasteiger partial charge in [0.15, 0.2) is 0 Å². The fourth-order valence-electron chi connectivity index (χ4n) is 2.95. The number of hydrogen-bond acceptors (Lipinski definition) is 2. The standard InChI is InChI=1S/C17H23BrFNO2/c1-11-4-5-13(19)15(18)14(11)16(21)20-10-17(2,3)12-6-8-22-9-7-12/h4-5,12H,6-10H2,1-3H3,(H,20,21). The molecular formula is C17H23BrFNO2. The predicted molar refractivity (Wildman–Crippen MR) is 88.5 cm³/mol. The van der Waals surface area contributed by atoms with E-state index in [2.05, 4.69) is 35.1 Å². The summed E-state index contributed by atoms with van der Waals surface area (Å²) in [4.78, 5) is 12.4. The second kappa shape index (κ2) is 7.09. The Labute approximate surface area is 139 Å². The Morgan fingerprint density at radius 2 is 2.05 bits per heavy atom. The smallest absolute Gasteiger partial charge is 0.252 e. The number of benzene rings is 1. The third kappa shape index (κ3) is 3.87. The molecular weight excluding hydrogens is 349 g/mol. The number of aryl methyl sites for hydroxylation is 1. The molecule has 0 bridgehead atoms. The lowest BCUT2D eigenvalue weighted by Crippen LogP contribution is -2.40. The second-order valence-corrected chi connectivity index (χ2v) is 7.40. The van der Waals surface area contributed by atoms with Gasteiger partial charge in [0, 0.05) is 19.8 Å².